The zero-order valence-corrected chi connectivity index (χ0v) is 15.8. The molecule has 0 aliphatic rings. The molecule has 1 N–H and O–H groups in total. The van der Waals surface area contributed by atoms with E-state index in [1.807, 2.05) is 24.3 Å². The summed E-state index contributed by atoms with van der Waals surface area (Å²) < 4.78 is 16.8. The van der Waals surface area contributed by atoms with Gasteiger partial charge in [0.2, 0.25) is 0 Å². The first-order chi connectivity index (χ1) is 12.1. The van der Waals surface area contributed by atoms with Gasteiger partial charge in [0.25, 0.3) is 0 Å². The number of hydrogen-bond donors (Lipinski definition) is 1. The van der Waals surface area contributed by atoms with Crippen LogP contribution in [0.2, 0.25) is 0 Å². The molecule has 0 unspecified atom stereocenters. The van der Waals surface area contributed by atoms with E-state index in [4.69, 9.17) is 14.2 Å². The highest BCUT2D eigenvalue weighted by atomic mass is 79.9. The Morgan fingerprint density at radius 2 is 1.64 bits per heavy atom. The molecule has 25 heavy (non-hydrogen) atoms. The molecule has 0 spiro atoms. The van der Waals surface area contributed by atoms with Gasteiger partial charge in [-0.3, -0.25) is 4.98 Å². The first-order valence-corrected chi connectivity index (χ1v) is 8.42. The fourth-order valence-electron chi connectivity index (χ4n) is 2.81. The molecule has 1 heterocycles. The lowest BCUT2D eigenvalue weighted by molar-refractivity contribution is 0.354. The van der Waals surface area contributed by atoms with Crippen molar-refractivity contribution in [1.29, 1.82) is 0 Å². The summed E-state index contributed by atoms with van der Waals surface area (Å²) in [5, 5.41) is 12.1. The van der Waals surface area contributed by atoms with Crippen LogP contribution in [0.1, 0.15) is 11.3 Å². The summed E-state index contributed by atoms with van der Waals surface area (Å²) in [5.41, 5.74) is 1.72. The van der Waals surface area contributed by atoms with Gasteiger partial charge >= 0.3 is 0 Å². The molecule has 0 atom stereocenters. The summed E-state index contributed by atoms with van der Waals surface area (Å²) in [5.74, 6) is 1.81. The van der Waals surface area contributed by atoms with E-state index >= 15 is 0 Å². The fourth-order valence-corrected chi connectivity index (χ4v) is 3.28. The van der Waals surface area contributed by atoms with Gasteiger partial charge < -0.3 is 19.3 Å². The maximum Gasteiger partial charge on any atom is 0.167 e. The number of halogens is 1. The number of phenolic OH excluding ortho intramolecular Hbond substituents is 1. The largest absolute Gasteiger partial charge is 0.504 e. The number of nitrogens with zero attached hydrogens (tertiary/aromatic N) is 1. The average Bonchev–Trinajstić information content (AvgIpc) is 2.63. The van der Waals surface area contributed by atoms with E-state index in [0.717, 1.165) is 21.1 Å². The molecule has 0 saturated carbocycles. The molecule has 0 radical (unpaired) electrons. The molecule has 0 fully saturated rings. The highest BCUT2D eigenvalue weighted by Crippen LogP contribution is 2.38. The Morgan fingerprint density at radius 3 is 2.32 bits per heavy atom. The highest BCUT2D eigenvalue weighted by molar-refractivity contribution is 9.10. The Bertz CT molecular complexity index is 927. The summed E-state index contributed by atoms with van der Waals surface area (Å²) in [6.45, 7) is 0. The lowest BCUT2D eigenvalue weighted by Crippen LogP contribution is -1.98. The Morgan fingerprint density at radius 1 is 0.960 bits per heavy atom. The third-order valence-corrected chi connectivity index (χ3v) is 4.81. The first-order valence-electron chi connectivity index (χ1n) is 7.63. The monoisotopic (exact) mass is 403 g/mol. The van der Waals surface area contributed by atoms with Gasteiger partial charge in [-0.1, -0.05) is 22.0 Å². The van der Waals surface area contributed by atoms with Crippen molar-refractivity contribution in [3.8, 4) is 23.0 Å². The standard InChI is InChI=1S/C19H18BrNO4/c1-23-15-5-4-11-6-7-21-14(18(11)19(15)22)8-12-9-16(24-2)17(25-3)10-13(12)20/h4-7,9-10,22H,8H2,1-3H3. The van der Waals surface area contributed by atoms with Crippen LogP contribution in [0.4, 0.5) is 0 Å². The molecule has 0 bridgehead atoms. The Labute approximate surface area is 154 Å². The van der Waals surface area contributed by atoms with E-state index in [-0.39, 0.29) is 5.75 Å². The lowest BCUT2D eigenvalue weighted by Gasteiger charge is -2.14. The summed E-state index contributed by atoms with van der Waals surface area (Å²) in [6, 6.07) is 9.28. The van der Waals surface area contributed by atoms with Crippen LogP contribution in [-0.4, -0.2) is 31.4 Å². The van der Waals surface area contributed by atoms with Crippen molar-refractivity contribution in [2.45, 2.75) is 6.42 Å². The van der Waals surface area contributed by atoms with Crippen LogP contribution in [0.3, 0.4) is 0 Å². The number of pyridine rings is 1. The van der Waals surface area contributed by atoms with Gasteiger partial charge in [-0.15, -0.1) is 0 Å². The molecular weight excluding hydrogens is 386 g/mol. The SMILES string of the molecule is COc1cc(Br)c(Cc2nccc3ccc(OC)c(O)c23)cc1OC. The molecule has 6 heteroatoms. The van der Waals surface area contributed by atoms with Crippen molar-refractivity contribution in [2.24, 2.45) is 0 Å². The van der Waals surface area contributed by atoms with E-state index < -0.39 is 0 Å². The predicted molar refractivity (Wildman–Crippen MR) is 100 cm³/mol. The van der Waals surface area contributed by atoms with Crippen LogP contribution in [0.25, 0.3) is 10.8 Å². The minimum atomic E-state index is 0.0969. The number of fused-ring (bicyclic) bond motifs is 1. The van der Waals surface area contributed by atoms with Gasteiger partial charge in [0.05, 0.1) is 27.0 Å². The summed E-state index contributed by atoms with van der Waals surface area (Å²) in [4.78, 5) is 4.47. The van der Waals surface area contributed by atoms with Crippen LogP contribution < -0.4 is 14.2 Å². The van der Waals surface area contributed by atoms with Crippen molar-refractivity contribution in [3.63, 3.8) is 0 Å². The summed E-state index contributed by atoms with van der Waals surface area (Å²) in [7, 11) is 4.73. The molecule has 5 nitrogen and oxygen atoms in total. The molecule has 3 aromatic rings. The number of aromatic nitrogens is 1. The second-order valence-corrected chi connectivity index (χ2v) is 6.30. The second-order valence-electron chi connectivity index (χ2n) is 5.45. The fraction of sp³-hybridized carbons (Fsp3) is 0.211. The molecule has 0 saturated heterocycles. The Hall–Kier alpha value is -2.47. The van der Waals surface area contributed by atoms with Gasteiger partial charge in [-0.2, -0.15) is 0 Å². The van der Waals surface area contributed by atoms with E-state index in [2.05, 4.69) is 20.9 Å². The maximum atomic E-state index is 10.5. The van der Waals surface area contributed by atoms with E-state index in [9.17, 15) is 5.11 Å². The van der Waals surface area contributed by atoms with Gasteiger partial charge in [0, 0.05) is 22.5 Å². The predicted octanol–water partition coefficient (Wildman–Crippen LogP) is 4.32. The van der Waals surface area contributed by atoms with Gasteiger partial charge in [0.15, 0.2) is 23.0 Å². The van der Waals surface area contributed by atoms with E-state index in [1.165, 1.54) is 7.11 Å². The molecule has 3 rings (SSSR count). The molecule has 0 aliphatic heterocycles. The smallest absolute Gasteiger partial charge is 0.167 e. The Balaban J connectivity index is 2.12. The van der Waals surface area contributed by atoms with Crippen molar-refractivity contribution in [2.75, 3.05) is 21.3 Å². The number of hydrogen-bond acceptors (Lipinski definition) is 5. The third kappa shape index (κ3) is 3.22. The van der Waals surface area contributed by atoms with Gasteiger partial charge in [0.1, 0.15) is 0 Å². The quantitative estimate of drug-likeness (QED) is 0.687. The van der Waals surface area contributed by atoms with Crippen LogP contribution in [0.5, 0.6) is 23.0 Å². The summed E-state index contributed by atoms with van der Waals surface area (Å²) in [6.07, 6.45) is 2.25. The van der Waals surface area contributed by atoms with Crippen molar-refractivity contribution in [3.05, 3.63) is 52.3 Å². The van der Waals surface area contributed by atoms with Crippen LogP contribution >= 0.6 is 15.9 Å². The molecular formula is C19H18BrNO4. The van der Waals surface area contributed by atoms with Gasteiger partial charge in [-0.05, 0) is 35.2 Å². The zero-order valence-electron chi connectivity index (χ0n) is 14.2. The van der Waals surface area contributed by atoms with Crippen LogP contribution in [0.15, 0.2) is 41.0 Å². The van der Waals surface area contributed by atoms with Gasteiger partial charge in [-0.25, -0.2) is 0 Å². The minimum absolute atomic E-state index is 0.0969. The summed E-state index contributed by atoms with van der Waals surface area (Å²) >= 11 is 3.57. The van der Waals surface area contributed by atoms with E-state index in [1.54, 1.807) is 26.5 Å². The van der Waals surface area contributed by atoms with Crippen LogP contribution in [0, 0.1) is 0 Å². The zero-order chi connectivity index (χ0) is 18.0. The minimum Gasteiger partial charge on any atom is -0.504 e. The third-order valence-electron chi connectivity index (χ3n) is 4.08. The normalized spacial score (nSPS) is 10.7. The topological polar surface area (TPSA) is 60.8 Å². The first kappa shape index (κ1) is 17.4. The molecule has 0 aliphatic carbocycles. The number of benzene rings is 2. The number of aromatic hydroxyl groups is 1. The van der Waals surface area contributed by atoms with Crippen molar-refractivity contribution >= 4 is 26.7 Å². The molecule has 1 aromatic heterocycles. The number of rotatable bonds is 5. The van der Waals surface area contributed by atoms with Crippen molar-refractivity contribution < 1.29 is 19.3 Å². The number of ether oxygens (including phenoxy) is 3. The Kier molecular flexibility index (Phi) is 4.99. The second kappa shape index (κ2) is 7.19. The van der Waals surface area contributed by atoms with Crippen LogP contribution in [-0.2, 0) is 6.42 Å². The lowest BCUT2D eigenvalue weighted by atomic mass is 10.0. The average molecular weight is 404 g/mol. The number of phenols is 1. The number of methoxy groups -OCH3 is 3. The highest BCUT2D eigenvalue weighted by Gasteiger charge is 2.15. The maximum absolute atomic E-state index is 10.5. The molecule has 0 amide bonds. The van der Waals surface area contributed by atoms with Crippen molar-refractivity contribution in [1.82, 2.24) is 4.98 Å². The molecule has 2 aromatic carbocycles. The van der Waals surface area contributed by atoms with E-state index in [0.29, 0.717) is 29.1 Å². The molecule has 130 valence electrons.